The summed E-state index contributed by atoms with van der Waals surface area (Å²) in [6.07, 6.45) is -1.26. The maximum absolute atomic E-state index is 13.0. The van der Waals surface area contributed by atoms with E-state index >= 15 is 0 Å². The van der Waals surface area contributed by atoms with Crippen molar-refractivity contribution in [1.82, 2.24) is 0 Å². The number of carbonyl (C=O) groups excluding carboxylic acids is 1. The van der Waals surface area contributed by atoms with E-state index in [9.17, 15) is 18.7 Å². The summed E-state index contributed by atoms with van der Waals surface area (Å²) in [6.45, 7) is 0. The van der Waals surface area contributed by atoms with E-state index in [0.717, 1.165) is 12.1 Å². The second kappa shape index (κ2) is 6.65. The Morgan fingerprint density at radius 1 is 1.14 bits per heavy atom. The molecule has 0 aromatic heterocycles. The Balaban J connectivity index is 1.99. The largest absolute Gasteiger partial charge is 0.388 e. The van der Waals surface area contributed by atoms with Crippen LogP contribution in [0.4, 0.5) is 14.5 Å². The van der Waals surface area contributed by atoms with Crippen LogP contribution in [0, 0.1) is 11.6 Å². The second-order valence-electron chi connectivity index (χ2n) is 4.48. The lowest BCUT2D eigenvalue weighted by atomic mass is 10.1. The number of nitrogens with one attached hydrogen (secondary N) is 1. The summed E-state index contributed by atoms with van der Waals surface area (Å²) in [5.41, 5.74) is 0.528. The zero-order valence-electron chi connectivity index (χ0n) is 10.8. The summed E-state index contributed by atoms with van der Waals surface area (Å²) in [5, 5.41) is 12.8. The Kier molecular flexibility index (Phi) is 4.88. The van der Waals surface area contributed by atoms with Crippen LogP contribution < -0.4 is 5.32 Å². The molecule has 0 spiro atoms. The van der Waals surface area contributed by atoms with Crippen molar-refractivity contribution in [2.45, 2.75) is 12.5 Å². The zero-order chi connectivity index (χ0) is 15.4. The van der Waals surface area contributed by atoms with E-state index in [0.29, 0.717) is 16.7 Å². The fraction of sp³-hybridized carbons (Fsp3) is 0.133. The fourth-order valence-electron chi connectivity index (χ4n) is 1.82. The van der Waals surface area contributed by atoms with Crippen molar-refractivity contribution in [1.29, 1.82) is 0 Å². The molecule has 0 aliphatic carbocycles. The zero-order valence-corrected chi connectivity index (χ0v) is 11.6. The number of benzene rings is 2. The van der Waals surface area contributed by atoms with Crippen molar-refractivity contribution >= 4 is 23.2 Å². The van der Waals surface area contributed by atoms with Crippen molar-refractivity contribution in [3.05, 3.63) is 64.7 Å². The smallest absolute Gasteiger partial charge is 0.227 e. The van der Waals surface area contributed by atoms with Crippen LogP contribution in [0.15, 0.2) is 42.5 Å². The van der Waals surface area contributed by atoms with Gasteiger partial charge in [-0.3, -0.25) is 4.79 Å². The molecule has 21 heavy (non-hydrogen) atoms. The molecule has 0 aliphatic rings. The first-order valence-corrected chi connectivity index (χ1v) is 6.51. The summed E-state index contributed by atoms with van der Waals surface area (Å²) < 4.78 is 26.0. The number of carbonyl (C=O) groups is 1. The molecule has 0 radical (unpaired) electrons. The minimum atomic E-state index is -1.03. The molecule has 0 saturated heterocycles. The van der Waals surface area contributed by atoms with Crippen molar-refractivity contribution in [2.24, 2.45) is 0 Å². The van der Waals surface area contributed by atoms with Gasteiger partial charge in [0.1, 0.15) is 11.6 Å². The number of aliphatic hydroxyl groups excluding tert-OH is 1. The highest BCUT2D eigenvalue weighted by atomic mass is 35.5. The third-order valence-electron chi connectivity index (χ3n) is 2.78. The van der Waals surface area contributed by atoms with Gasteiger partial charge in [0, 0.05) is 16.8 Å². The van der Waals surface area contributed by atoms with Crippen LogP contribution in [-0.2, 0) is 4.79 Å². The van der Waals surface area contributed by atoms with Crippen LogP contribution in [0.3, 0.4) is 0 Å². The normalized spacial score (nSPS) is 12.0. The standard InChI is InChI=1S/C15H12ClF2NO2/c16-10-3-1-9(2-4-10)14(20)8-15(21)19-13-6-11(17)5-12(18)7-13/h1-7,14,20H,8H2,(H,19,21). The molecule has 0 fully saturated rings. The van der Waals surface area contributed by atoms with E-state index in [2.05, 4.69) is 5.32 Å². The highest BCUT2D eigenvalue weighted by Gasteiger charge is 2.13. The quantitative estimate of drug-likeness (QED) is 0.905. The van der Waals surface area contributed by atoms with Gasteiger partial charge in [0.15, 0.2) is 0 Å². The lowest BCUT2D eigenvalue weighted by Crippen LogP contribution is -2.15. The summed E-state index contributed by atoms with van der Waals surface area (Å²) in [4.78, 5) is 11.7. The van der Waals surface area contributed by atoms with Crippen LogP contribution in [0.5, 0.6) is 0 Å². The Hall–Kier alpha value is -1.98. The van der Waals surface area contributed by atoms with Crippen molar-refractivity contribution in [2.75, 3.05) is 5.32 Å². The monoisotopic (exact) mass is 311 g/mol. The van der Waals surface area contributed by atoms with Crippen LogP contribution in [0.2, 0.25) is 5.02 Å². The maximum atomic E-state index is 13.0. The van der Waals surface area contributed by atoms with Crippen molar-refractivity contribution in [3.8, 4) is 0 Å². The maximum Gasteiger partial charge on any atom is 0.227 e. The lowest BCUT2D eigenvalue weighted by Gasteiger charge is -2.11. The molecule has 2 aromatic rings. The third kappa shape index (κ3) is 4.51. The molecular weight excluding hydrogens is 300 g/mol. The second-order valence-corrected chi connectivity index (χ2v) is 4.91. The summed E-state index contributed by atoms with van der Waals surface area (Å²) in [5.74, 6) is -2.13. The molecule has 110 valence electrons. The first kappa shape index (κ1) is 15.4. The Bertz CT molecular complexity index is 626. The van der Waals surface area contributed by atoms with Gasteiger partial charge in [0.05, 0.1) is 12.5 Å². The molecule has 6 heteroatoms. The van der Waals surface area contributed by atoms with E-state index in [4.69, 9.17) is 11.6 Å². The van der Waals surface area contributed by atoms with Crippen molar-refractivity contribution < 1.29 is 18.7 Å². The van der Waals surface area contributed by atoms with Gasteiger partial charge in [-0.15, -0.1) is 0 Å². The minimum absolute atomic E-state index is 0.000746. The molecular formula is C15H12ClF2NO2. The molecule has 0 bridgehead atoms. The third-order valence-corrected chi connectivity index (χ3v) is 3.03. The molecule has 0 saturated carbocycles. The highest BCUT2D eigenvalue weighted by molar-refractivity contribution is 6.30. The number of rotatable bonds is 4. The average molecular weight is 312 g/mol. The van der Waals surface area contributed by atoms with Crippen LogP contribution in [-0.4, -0.2) is 11.0 Å². The first-order valence-electron chi connectivity index (χ1n) is 6.13. The van der Waals surface area contributed by atoms with Crippen LogP contribution in [0.1, 0.15) is 18.1 Å². The molecule has 2 rings (SSSR count). The van der Waals surface area contributed by atoms with Gasteiger partial charge >= 0.3 is 0 Å². The average Bonchev–Trinajstić information content (AvgIpc) is 2.37. The van der Waals surface area contributed by atoms with E-state index in [1.807, 2.05) is 0 Å². The number of halogens is 3. The molecule has 2 N–H and O–H groups in total. The number of anilines is 1. The van der Waals surface area contributed by atoms with Crippen LogP contribution in [0.25, 0.3) is 0 Å². The Morgan fingerprint density at radius 3 is 2.29 bits per heavy atom. The molecule has 0 heterocycles. The lowest BCUT2D eigenvalue weighted by molar-refractivity contribution is -0.118. The van der Waals surface area contributed by atoms with E-state index in [-0.39, 0.29) is 12.1 Å². The van der Waals surface area contributed by atoms with E-state index < -0.39 is 23.6 Å². The van der Waals surface area contributed by atoms with Gasteiger partial charge in [0.2, 0.25) is 5.91 Å². The molecule has 0 aliphatic heterocycles. The topological polar surface area (TPSA) is 49.3 Å². The van der Waals surface area contributed by atoms with Crippen LogP contribution >= 0.6 is 11.6 Å². The fourth-order valence-corrected chi connectivity index (χ4v) is 1.94. The molecule has 1 unspecified atom stereocenters. The number of hydrogen-bond acceptors (Lipinski definition) is 2. The predicted octanol–water partition coefficient (Wildman–Crippen LogP) is 3.68. The Labute approximate surface area is 125 Å². The van der Waals surface area contributed by atoms with Gasteiger partial charge in [-0.1, -0.05) is 23.7 Å². The van der Waals surface area contributed by atoms with Gasteiger partial charge in [-0.05, 0) is 29.8 Å². The number of amides is 1. The number of aliphatic hydroxyl groups is 1. The highest BCUT2D eigenvalue weighted by Crippen LogP contribution is 2.20. The van der Waals surface area contributed by atoms with Gasteiger partial charge in [0.25, 0.3) is 0 Å². The predicted molar refractivity (Wildman–Crippen MR) is 76.0 cm³/mol. The number of hydrogen-bond donors (Lipinski definition) is 2. The molecule has 3 nitrogen and oxygen atoms in total. The Morgan fingerprint density at radius 2 is 1.71 bits per heavy atom. The van der Waals surface area contributed by atoms with E-state index in [1.165, 1.54) is 0 Å². The minimum Gasteiger partial charge on any atom is -0.388 e. The van der Waals surface area contributed by atoms with Gasteiger partial charge in [-0.25, -0.2) is 8.78 Å². The molecule has 1 atom stereocenters. The summed E-state index contributed by atoms with van der Waals surface area (Å²) in [7, 11) is 0. The van der Waals surface area contributed by atoms with Gasteiger partial charge in [-0.2, -0.15) is 0 Å². The van der Waals surface area contributed by atoms with Crippen molar-refractivity contribution in [3.63, 3.8) is 0 Å². The summed E-state index contributed by atoms with van der Waals surface area (Å²) in [6, 6.07) is 9.09. The summed E-state index contributed by atoms with van der Waals surface area (Å²) >= 11 is 5.73. The first-order chi connectivity index (χ1) is 9.94. The van der Waals surface area contributed by atoms with Gasteiger partial charge < -0.3 is 10.4 Å². The van der Waals surface area contributed by atoms with E-state index in [1.54, 1.807) is 24.3 Å². The molecule has 2 aromatic carbocycles. The molecule has 1 amide bonds. The SMILES string of the molecule is O=C(CC(O)c1ccc(Cl)cc1)Nc1cc(F)cc(F)c1.